The number of benzene rings is 1. The van der Waals surface area contributed by atoms with Crippen LogP contribution in [-0.2, 0) is 6.42 Å². The Morgan fingerprint density at radius 2 is 1.93 bits per heavy atom. The molecule has 0 saturated carbocycles. The third kappa shape index (κ3) is 4.01. The van der Waals surface area contributed by atoms with Gasteiger partial charge in [-0.05, 0) is 31.5 Å². The highest BCUT2D eigenvalue weighted by Crippen LogP contribution is 2.14. The maximum atomic E-state index is 8.57. The van der Waals surface area contributed by atoms with Crippen LogP contribution in [0, 0.1) is 11.3 Å². The number of hydrogen-bond donors (Lipinski definition) is 1. The standard InChI is InChI=1S/C12H16N2O/c1-9(2)15-12-5-3-10(4-6-12)7-11(14)8-13/h3-6,9,11H,7,14H2,1-2H3. The zero-order valence-electron chi connectivity index (χ0n) is 9.10. The molecular weight excluding hydrogens is 188 g/mol. The maximum absolute atomic E-state index is 8.57. The van der Waals surface area contributed by atoms with Gasteiger partial charge in [-0.15, -0.1) is 0 Å². The second kappa shape index (κ2) is 5.38. The van der Waals surface area contributed by atoms with E-state index >= 15 is 0 Å². The van der Waals surface area contributed by atoms with Crippen LogP contribution in [0.15, 0.2) is 24.3 Å². The van der Waals surface area contributed by atoms with Crippen LogP contribution in [0.3, 0.4) is 0 Å². The minimum absolute atomic E-state index is 0.178. The van der Waals surface area contributed by atoms with Crippen molar-refractivity contribution in [2.45, 2.75) is 32.4 Å². The van der Waals surface area contributed by atoms with E-state index in [0.717, 1.165) is 11.3 Å². The zero-order valence-corrected chi connectivity index (χ0v) is 9.10. The van der Waals surface area contributed by atoms with Crippen LogP contribution < -0.4 is 10.5 Å². The lowest BCUT2D eigenvalue weighted by Gasteiger charge is -2.10. The molecule has 0 aliphatic carbocycles. The van der Waals surface area contributed by atoms with Gasteiger partial charge in [0.1, 0.15) is 5.75 Å². The molecule has 1 aromatic carbocycles. The Morgan fingerprint density at radius 3 is 2.40 bits per heavy atom. The van der Waals surface area contributed by atoms with Crippen molar-refractivity contribution in [1.29, 1.82) is 5.26 Å². The average Bonchev–Trinajstić information content (AvgIpc) is 2.20. The Bertz CT molecular complexity index is 338. The first-order valence-electron chi connectivity index (χ1n) is 5.02. The van der Waals surface area contributed by atoms with Crippen molar-refractivity contribution in [3.63, 3.8) is 0 Å². The first kappa shape index (κ1) is 11.5. The zero-order chi connectivity index (χ0) is 11.3. The van der Waals surface area contributed by atoms with E-state index in [4.69, 9.17) is 15.7 Å². The Kier molecular flexibility index (Phi) is 4.14. The SMILES string of the molecule is CC(C)Oc1ccc(CC(N)C#N)cc1. The van der Waals surface area contributed by atoms with Crippen molar-refractivity contribution in [2.24, 2.45) is 5.73 Å². The van der Waals surface area contributed by atoms with Gasteiger partial charge in [-0.3, -0.25) is 0 Å². The molecule has 1 atom stereocenters. The van der Waals surface area contributed by atoms with E-state index in [9.17, 15) is 0 Å². The van der Waals surface area contributed by atoms with Gasteiger partial charge in [-0.1, -0.05) is 12.1 Å². The molecule has 15 heavy (non-hydrogen) atoms. The third-order valence-corrected chi connectivity index (χ3v) is 1.92. The number of nitriles is 1. The van der Waals surface area contributed by atoms with Crippen LogP contribution in [0.4, 0.5) is 0 Å². The number of rotatable bonds is 4. The fraction of sp³-hybridized carbons (Fsp3) is 0.417. The molecule has 0 radical (unpaired) electrons. The number of hydrogen-bond acceptors (Lipinski definition) is 3. The van der Waals surface area contributed by atoms with Gasteiger partial charge < -0.3 is 10.5 Å². The summed E-state index contributed by atoms with van der Waals surface area (Å²) in [5.41, 5.74) is 6.59. The lowest BCUT2D eigenvalue weighted by molar-refractivity contribution is 0.242. The molecule has 0 spiro atoms. The Hall–Kier alpha value is -1.53. The molecule has 0 fully saturated rings. The second-order valence-corrected chi connectivity index (χ2v) is 3.75. The highest BCUT2D eigenvalue weighted by Gasteiger charge is 2.02. The Balaban J connectivity index is 2.61. The molecule has 0 aliphatic rings. The van der Waals surface area contributed by atoms with E-state index in [2.05, 4.69) is 0 Å². The molecule has 2 N–H and O–H groups in total. The normalized spacial score (nSPS) is 12.2. The lowest BCUT2D eigenvalue weighted by Crippen LogP contribution is -2.19. The van der Waals surface area contributed by atoms with Gasteiger partial charge in [-0.25, -0.2) is 0 Å². The van der Waals surface area contributed by atoms with E-state index in [1.54, 1.807) is 0 Å². The summed E-state index contributed by atoms with van der Waals surface area (Å²) in [5, 5.41) is 8.57. The Labute approximate surface area is 90.5 Å². The molecule has 1 rings (SSSR count). The van der Waals surface area contributed by atoms with Crippen molar-refractivity contribution >= 4 is 0 Å². The summed E-state index contributed by atoms with van der Waals surface area (Å²) in [6, 6.07) is 9.26. The predicted octanol–water partition coefficient (Wildman–Crippen LogP) is 1.87. The van der Waals surface area contributed by atoms with E-state index in [1.165, 1.54) is 0 Å². The first-order valence-corrected chi connectivity index (χ1v) is 5.02. The minimum atomic E-state index is -0.429. The van der Waals surface area contributed by atoms with Crippen LogP contribution in [0.2, 0.25) is 0 Å². The predicted molar refractivity (Wildman–Crippen MR) is 59.5 cm³/mol. The number of nitrogens with two attached hydrogens (primary N) is 1. The molecule has 1 unspecified atom stereocenters. The average molecular weight is 204 g/mol. The summed E-state index contributed by atoms with van der Waals surface area (Å²) in [4.78, 5) is 0. The van der Waals surface area contributed by atoms with Gasteiger partial charge in [0.15, 0.2) is 0 Å². The summed E-state index contributed by atoms with van der Waals surface area (Å²) in [6.45, 7) is 3.97. The van der Waals surface area contributed by atoms with Crippen LogP contribution >= 0.6 is 0 Å². The van der Waals surface area contributed by atoms with Gasteiger partial charge in [0.2, 0.25) is 0 Å². The van der Waals surface area contributed by atoms with Crippen molar-refractivity contribution in [3.8, 4) is 11.8 Å². The summed E-state index contributed by atoms with van der Waals surface area (Å²) in [5.74, 6) is 0.847. The largest absolute Gasteiger partial charge is 0.491 e. The van der Waals surface area contributed by atoms with Crippen LogP contribution in [0.5, 0.6) is 5.75 Å². The topological polar surface area (TPSA) is 59.0 Å². The molecule has 3 nitrogen and oxygen atoms in total. The molecule has 0 amide bonds. The van der Waals surface area contributed by atoms with Crippen LogP contribution in [0.1, 0.15) is 19.4 Å². The monoisotopic (exact) mass is 204 g/mol. The number of ether oxygens (including phenoxy) is 1. The summed E-state index contributed by atoms with van der Waals surface area (Å²) >= 11 is 0. The second-order valence-electron chi connectivity index (χ2n) is 3.75. The van der Waals surface area contributed by atoms with Crippen molar-refractivity contribution < 1.29 is 4.74 Å². The molecule has 0 bridgehead atoms. The minimum Gasteiger partial charge on any atom is -0.491 e. The van der Waals surface area contributed by atoms with Gasteiger partial charge in [-0.2, -0.15) is 5.26 Å². The molecule has 1 aromatic rings. The van der Waals surface area contributed by atoms with E-state index < -0.39 is 6.04 Å². The Morgan fingerprint density at radius 1 is 1.33 bits per heavy atom. The van der Waals surface area contributed by atoms with Crippen molar-refractivity contribution in [2.75, 3.05) is 0 Å². The fourth-order valence-corrected chi connectivity index (χ4v) is 1.28. The summed E-state index contributed by atoms with van der Waals surface area (Å²) < 4.78 is 5.50. The molecule has 3 heteroatoms. The van der Waals surface area contributed by atoms with Gasteiger partial charge in [0.05, 0.1) is 18.2 Å². The van der Waals surface area contributed by atoms with Crippen molar-refractivity contribution in [1.82, 2.24) is 0 Å². The van der Waals surface area contributed by atoms with Crippen molar-refractivity contribution in [3.05, 3.63) is 29.8 Å². The van der Waals surface area contributed by atoms with Crippen LogP contribution in [-0.4, -0.2) is 12.1 Å². The molecule has 0 heterocycles. The van der Waals surface area contributed by atoms with Crippen LogP contribution in [0.25, 0.3) is 0 Å². The lowest BCUT2D eigenvalue weighted by atomic mass is 10.1. The third-order valence-electron chi connectivity index (χ3n) is 1.92. The van der Waals surface area contributed by atoms with Gasteiger partial charge in [0.25, 0.3) is 0 Å². The molecular formula is C12H16N2O. The molecule has 0 aromatic heterocycles. The molecule has 80 valence electrons. The molecule has 0 saturated heterocycles. The smallest absolute Gasteiger partial charge is 0.119 e. The number of nitrogens with zero attached hydrogens (tertiary/aromatic N) is 1. The van der Waals surface area contributed by atoms with E-state index in [-0.39, 0.29) is 6.10 Å². The summed E-state index contributed by atoms with van der Waals surface area (Å²) in [6.07, 6.45) is 0.760. The van der Waals surface area contributed by atoms with E-state index in [1.807, 2.05) is 44.2 Å². The first-order chi connectivity index (χ1) is 7.11. The fourth-order valence-electron chi connectivity index (χ4n) is 1.28. The summed E-state index contributed by atoms with van der Waals surface area (Å²) in [7, 11) is 0. The quantitative estimate of drug-likeness (QED) is 0.814. The van der Waals surface area contributed by atoms with Gasteiger partial charge >= 0.3 is 0 Å². The highest BCUT2D eigenvalue weighted by molar-refractivity contribution is 5.28. The molecule has 0 aliphatic heterocycles. The van der Waals surface area contributed by atoms with E-state index in [0.29, 0.717) is 6.42 Å². The maximum Gasteiger partial charge on any atom is 0.119 e. The highest BCUT2D eigenvalue weighted by atomic mass is 16.5. The van der Waals surface area contributed by atoms with Gasteiger partial charge in [0, 0.05) is 6.42 Å².